The summed E-state index contributed by atoms with van der Waals surface area (Å²) in [6.07, 6.45) is 4.33. The van der Waals surface area contributed by atoms with E-state index in [1.165, 1.54) is 6.42 Å². The Kier molecular flexibility index (Phi) is 4.39. The van der Waals surface area contributed by atoms with Crippen LogP contribution in [0.1, 0.15) is 46.0 Å². The van der Waals surface area contributed by atoms with Crippen LogP contribution in [-0.2, 0) is 9.53 Å². The largest absolute Gasteiger partial charge is 0.461 e. The predicted octanol–water partition coefficient (Wildman–Crippen LogP) is 1.88. The van der Waals surface area contributed by atoms with Crippen molar-refractivity contribution >= 4 is 5.97 Å². The molecule has 1 fully saturated rings. The highest BCUT2D eigenvalue weighted by atomic mass is 16.6. The molecular formula is C11H20O3. The molecule has 1 N–H and O–H groups in total. The molecule has 0 bridgehead atoms. The summed E-state index contributed by atoms with van der Waals surface area (Å²) in [5.74, 6) is -0.332. The Balaban J connectivity index is 2.38. The Morgan fingerprint density at radius 1 is 1.29 bits per heavy atom. The normalized spacial score (nSPS) is 20.9. The summed E-state index contributed by atoms with van der Waals surface area (Å²) in [5.41, 5.74) is 0. The van der Waals surface area contributed by atoms with Crippen LogP contribution in [-0.4, -0.2) is 23.3 Å². The van der Waals surface area contributed by atoms with Gasteiger partial charge in [-0.15, -0.1) is 0 Å². The van der Waals surface area contributed by atoms with Crippen molar-refractivity contribution < 1.29 is 14.6 Å². The maximum absolute atomic E-state index is 11.4. The van der Waals surface area contributed by atoms with Gasteiger partial charge in [0.25, 0.3) is 0 Å². The summed E-state index contributed by atoms with van der Waals surface area (Å²) >= 11 is 0. The van der Waals surface area contributed by atoms with E-state index in [-0.39, 0.29) is 12.0 Å². The molecule has 0 unspecified atom stereocenters. The molecule has 3 nitrogen and oxygen atoms in total. The topological polar surface area (TPSA) is 46.5 Å². The van der Waals surface area contributed by atoms with E-state index < -0.39 is 12.1 Å². The smallest absolute Gasteiger partial charge is 0.335 e. The van der Waals surface area contributed by atoms with E-state index >= 15 is 0 Å². The van der Waals surface area contributed by atoms with Crippen molar-refractivity contribution in [1.29, 1.82) is 0 Å². The van der Waals surface area contributed by atoms with Gasteiger partial charge in [0.2, 0.25) is 0 Å². The second-order valence-corrected chi connectivity index (χ2v) is 4.33. The fourth-order valence-corrected chi connectivity index (χ4v) is 1.94. The van der Waals surface area contributed by atoms with Crippen LogP contribution in [0.3, 0.4) is 0 Å². The van der Waals surface area contributed by atoms with Crippen LogP contribution < -0.4 is 0 Å². The number of carbonyl (C=O) groups is 1. The quantitative estimate of drug-likeness (QED) is 0.707. The fraction of sp³-hybridized carbons (Fsp3) is 0.909. The molecule has 0 aliphatic heterocycles. The maximum atomic E-state index is 11.4. The highest BCUT2D eigenvalue weighted by Crippen LogP contribution is 2.27. The number of carbonyl (C=O) groups excluding carboxylic acids is 1. The molecule has 0 heterocycles. The van der Waals surface area contributed by atoms with Gasteiger partial charge >= 0.3 is 5.97 Å². The van der Waals surface area contributed by atoms with Crippen LogP contribution in [0.2, 0.25) is 0 Å². The third kappa shape index (κ3) is 3.29. The van der Waals surface area contributed by atoms with Crippen molar-refractivity contribution in [3.8, 4) is 0 Å². The lowest BCUT2D eigenvalue weighted by atomic mass is 9.85. The standard InChI is InChI=1S/C11H20O3/c1-8(2)14-11(13)10(12)9-6-4-3-5-7-9/h8-10,12H,3-7H2,1-2H3/t10-/m1/s1. The van der Waals surface area contributed by atoms with E-state index in [1.54, 1.807) is 13.8 Å². The highest BCUT2D eigenvalue weighted by molar-refractivity contribution is 5.74. The van der Waals surface area contributed by atoms with E-state index in [9.17, 15) is 9.90 Å². The molecule has 82 valence electrons. The Labute approximate surface area is 85.5 Å². The van der Waals surface area contributed by atoms with Gasteiger partial charge in [0, 0.05) is 0 Å². The average molecular weight is 200 g/mol. The third-order valence-electron chi connectivity index (χ3n) is 2.69. The first-order chi connectivity index (χ1) is 6.61. The minimum absolute atomic E-state index is 0.120. The van der Waals surface area contributed by atoms with Crippen molar-refractivity contribution in [1.82, 2.24) is 0 Å². The number of aliphatic hydroxyl groups is 1. The first kappa shape index (κ1) is 11.5. The summed E-state index contributed by atoms with van der Waals surface area (Å²) in [6, 6.07) is 0. The van der Waals surface area contributed by atoms with Crippen molar-refractivity contribution in [2.24, 2.45) is 5.92 Å². The third-order valence-corrected chi connectivity index (χ3v) is 2.69. The van der Waals surface area contributed by atoms with Crippen molar-refractivity contribution in [2.45, 2.75) is 58.2 Å². The molecule has 0 radical (unpaired) electrons. The van der Waals surface area contributed by atoms with E-state index in [2.05, 4.69) is 0 Å². The van der Waals surface area contributed by atoms with E-state index in [0.29, 0.717) is 0 Å². The zero-order valence-corrected chi connectivity index (χ0v) is 9.03. The Morgan fingerprint density at radius 2 is 1.86 bits per heavy atom. The summed E-state index contributed by atoms with van der Waals surface area (Å²) in [4.78, 5) is 11.4. The van der Waals surface area contributed by atoms with Gasteiger partial charge in [0.05, 0.1) is 6.10 Å². The number of hydrogen-bond acceptors (Lipinski definition) is 3. The van der Waals surface area contributed by atoms with E-state index in [0.717, 1.165) is 25.7 Å². The molecule has 0 aromatic rings. The first-order valence-corrected chi connectivity index (χ1v) is 5.50. The van der Waals surface area contributed by atoms with Gasteiger partial charge in [-0.25, -0.2) is 4.79 Å². The van der Waals surface area contributed by atoms with E-state index in [4.69, 9.17) is 4.74 Å². The molecular weight excluding hydrogens is 180 g/mol. The lowest BCUT2D eigenvalue weighted by Crippen LogP contribution is -2.33. The lowest BCUT2D eigenvalue weighted by molar-refractivity contribution is -0.161. The van der Waals surface area contributed by atoms with Crippen molar-refractivity contribution in [2.75, 3.05) is 0 Å². The molecule has 14 heavy (non-hydrogen) atoms. The zero-order chi connectivity index (χ0) is 10.6. The number of rotatable bonds is 3. The molecule has 1 aliphatic rings. The predicted molar refractivity (Wildman–Crippen MR) is 53.8 cm³/mol. The van der Waals surface area contributed by atoms with Gasteiger partial charge in [-0.05, 0) is 32.6 Å². The average Bonchev–Trinajstić information content (AvgIpc) is 2.17. The summed E-state index contributed by atoms with van der Waals surface area (Å²) < 4.78 is 4.98. The zero-order valence-electron chi connectivity index (χ0n) is 9.03. The minimum atomic E-state index is -0.905. The van der Waals surface area contributed by atoms with Crippen LogP contribution in [0.25, 0.3) is 0 Å². The van der Waals surface area contributed by atoms with Gasteiger partial charge < -0.3 is 9.84 Å². The summed E-state index contributed by atoms with van der Waals surface area (Å²) in [6.45, 7) is 3.59. The molecule has 0 aromatic carbocycles. The second-order valence-electron chi connectivity index (χ2n) is 4.33. The molecule has 1 saturated carbocycles. The molecule has 0 amide bonds. The molecule has 3 heteroatoms. The number of esters is 1. The second kappa shape index (κ2) is 5.35. The van der Waals surface area contributed by atoms with Crippen molar-refractivity contribution in [3.05, 3.63) is 0 Å². The van der Waals surface area contributed by atoms with Crippen molar-refractivity contribution in [3.63, 3.8) is 0 Å². The van der Waals surface area contributed by atoms with Crippen LogP contribution in [0.4, 0.5) is 0 Å². The summed E-state index contributed by atoms with van der Waals surface area (Å²) in [5, 5.41) is 9.72. The minimum Gasteiger partial charge on any atom is -0.461 e. The van der Waals surface area contributed by atoms with Crippen LogP contribution in [0, 0.1) is 5.92 Å². The number of aliphatic hydroxyl groups excluding tert-OH is 1. The summed E-state index contributed by atoms with van der Waals surface area (Å²) in [7, 11) is 0. The first-order valence-electron chi connectivity index (χ1n) is 5.50. The van der Waals surface area contributed by atoms with Gasteiger partial charge in [0.15, 0.2) is 6.10 Å². The Bertz CT molecular complexity index is 183. The molecule has 0 spiro atoms. The molecule has 1 rings (SSSR count). The maximum Gasteiger partial charge on any atom is 0.335 e. The SMILES string of the molecule is CC(C)OC(=O)[C@H](O)C1CCCCC1. The fourth-order valence-electron chi connectivity index (χ4n) is 1.94. The number of ether oxygens (including phenoxy) is 1. The van der Waals surface area contributed by atoms with Crippen LogP contribution in [0.5, 0.6) is 0 Å². The lowest BCUT2D eigenvalue weighted by Gasteiger charge is -2.25. The van der Waals surface area contributed by atoms with Gasteiger partial charge in [-0.3, -0.25) is 0 Å². The van der Waals surface area contributed by atoms with Crippen LogP contribution >= 0.6 is 0 Å². The molecule has 1 aliphatic carbocycles. The molecule has 1 atom stereocenters. The van der Waals surface area contributed by atoms with Gasteiger partial charge in [-0.2, -0.15) is 0 Å². The van der Waals surface area contributed by atoms with Gasteiger partial charge in [0.1, 0.15) is 0 Å². The van der Waals surface area contributed by atoms with E-state index in [1.807, 2.05) is 0 Å². The monoisotopic (exact) mass is 200 g/mol. The highest BCUT2D eigenvalue weighted by Gasteiger charge is 2.28. The van der Waals surface area contributed by atoms with Crippen LogP contribution in [0.15, 0.2) is 0 Å². The molecule has 0 aromatic heterocycles. The Hall–Kier alpha value is -0.570. The molecule has 0 saturated heterocycles. The van der Waals surface area contributed by atoms with Gasteiger partial charge in [-0.1, -0.05) is 19.3 Å². The Morgan fingerprint density at radius 3 is 2.36 bits per heavy atom. The number of hydrogen-bond donors (Lipinski definition) is 1.